The Bertz CT molecular complexity index is 2570. The second-order valence-corrected chi connectivity index (χ2v) is 17.4. The van der Waals surface area contributed by atoms with Gasteiger partial charge in [-0.2, -0.15) is 29.9 Å². The van der Waals surface area contributed by atoms with Gasteiger partial charge in [0.05, 0.1) is 43.7 Å². The normalized spacial score (nSPS) is 12.8. The van der Waals surface area contributed by atoms with Crippen LogP contribution in [-0.4, -0.2) is 143 Å². The van der Waals surface area contributed by atoms with Gasteiger partial charge in [0.2, 0.25) is 35.7 Å². The summed E-state index contributed by atoms with van der Waals surface area (Å²) < 4.78 is 130. The molecule has 3 unspecified atom stereocenters. The van der Waals surface area contributed by atoms with Gasteiger partial charge >= 0.3 is 118 Å². The number of hydrogen-bond acceptors (Lipinski definition) is 26. The SMILES string of the molecule is CC(O)CNc1nc(NCCS(=O)(=O)[O-])nc(Nc2ccc(C=Cc3ccc(Nc4nc(NCC(C)O)nc(N(CO)CS(=O)[O-])n4)cc3S(=O)(=O)[O-])c(S(=O)(=O)[O-])c2)n1.[Na+].[Na+].[Na+].[Na+]. The number of nitrogens with one attached hydrogen (secondary N) is 5. The van der Waals surface area contributed by atoms with Crippen molar-refractivity contribution in [3.05, 3.63) is 47.5 Å². The molecule has 4 aromatic rings. The third kappa shape index (κ3) is 21.3. The summed E-state index contributed by atoms with van der Waals surface area (Å²) in [6, 6.07) is 6.68. The fraction of sp³-hybridized carbons (Fsp3) is 0.333. The molecule has 0 aliphatic rings. The number of anilines is 8. The van der Waals surface area contributed by atoms with E-state index in [4.69, 9.17) is 0 Å². The summed E-state index contributed by atoms with van der Waals surface area (Å²) in [6.45, 7) is 1.59. The van der Waals surface area contributed by atoms with Gasteiger partial charge in [-0.1, -0.05) is 24.3 Å². The summed E-state index contributed by atoms with van der Waals surface area (Å²) in [5.41, 5.74) is -0.641. The zero-order valence-electron chi connectivity index (χ0n) is 35.1. The second kappa shape index (κ2) is 28.3. The van der Waals surface area contributed by atoms with Crippen molar-refractivity contribution in [2.75, 3.05) is 69.5 Å². The van der Waals surface area contributed by atoms with E-state index >= 15 is 0 Å². The van der Waals surface area contributed by atoms with Crippen LogP contribution < -0.4 is 150 Å². The van der Waals surface area contributed by atoms with E-state index in [2.05, 4.69) is 56.5 Å². The van der Waals surface area contributed by atoms with Gasteiger partial charge in [0.25, 0.3) is 0 Å². The molecule has 0 aliphatic heterocycles. The fourth-order valence-electron chi connectivity index (χ4n) is 4.66. The van der Waals surface area contributed by atoms with Gasteiger partial charge in [0, 0.05) is 31.0 Å². The van der Waals surface area contributed by atoms with Crippen molar-refractivity contribution in [3.8, 4) is 0 Å². The maximum absolute atomic E-state index is 12.4. The predicted octanol–water partition coefficient (Wildman–Crippen LogP) is -13.3. The number of aromatic nitrogens is 6. The molecule has 4 rings (SSSR count). The van der Waals surface area contributed by atoms with Crippen LogP contribution in [0, 0.1) is 0 Å². The van der Waals surface area contributed by atoms with E-state index in [0.717, 1.165) is 41.3 Å². The monoisotopic (exact) mass is 1010 g/mol. The zero-order valence-corrected chi connectivity index (χ0v) is 46.4. The third-order valence-electron chi connectivity index (χ3n) is 7.24. The molecule has 0 spiro atoms. The van der Waals surface area contributed by atoms with Crippen LogP contribution in [0.2, 0.25) is 0 Å². The Morgan fingerprint density at radius 2 is 1.06 bits per heavy atom. The van der Waals surface area contributed by atoms with Crippen molar-refractivity contribution in [3.63, 3.8) is 0 Å². The van der Waals surface area contributed by atoms with Gasteiger partial charge in [0.1, 0.15) is 27.0 Å². The van der Waals surface area contributed by atoms with E-state index in [1.807, 2.05) is 0 Å². The van der Waals surface area contributed by atoms with Crippen LogP contribution in [0.3, 0.4) is 0 Å². The number of rotatable bonds is 22. The molecule has 2 heterocycles. The van der Waals surface area contributed by atoms with Gasteiger partial charge in [-0.3, -0.25) is 4.21 Å². The van der Waals surface area contributed by atoms with Gasteiger partial charge in [-0.05, 0) is 60.3 Å². The zero-order chi connectivity index (χ0) is 44.4. The first kappa shape index (κ1) is 62.7. The average Bonchev–Trinajstić information content (AvgIpc) is 3.13. The number of benzene rings is 2. The summed E-state index contributed by atoms with van der Waals surface area (Å²) >= 11 is -2.68. The van der Waals surface area contributed by atoms with Crippen LogP contribution in [0.15, 0.2) is 46.2 Å². The maximum Gasteiger partial charge on any atom is 1.00 e. The summed E-state index contributed by atoms with van der Waals surface area (Å²) in [6.07, 6.45) is 0.386. The third-order valence-corrected chi connectivity index (χ3v) is 10.3. The predicted molar refractivity (Wildman–Crippen MR) is 211 cm³/mol. The molecule has 2 aromatic carbocycles. The molecule has 328 valence electrons. The summed E-state index contributed by atoms with van der Waals surface area (Å²) in [5.74, 6) is -2.98. The van der Waals surface area contributed by atoms with Crippen molar-refractivity contribution < 1.29 is 181 Å². The molecule has 0 saturated heterocycles. The van der Waals surface area contributed by atoms with Gasteiger partial charge in [-0.25, -0.2) is 25.3 Å². The van der Waals surface area contributed by atoms with Crippen LogP contribution in [0.4, 0.5) is 47.1 Å². The molecule has 34 heteroatoms. The molecule has 0 radical (unpaired) electrons. The molecule has 64 heavy (non-hydrogen) atoms. The topological polar surface area (TPSA) is 413 Å². The van der Waals surface area contributed by atoms with Crippen LogP contribution in [0.25, 0.3) is 12.2 Å². The Labute approximate surface area is 458 Å². The van der Waals surface area contributed by atoms with Crippen LogP contribution in [-0.2, 0) is 41.4 Å². The van der Waals surface area contributed by atoms with Crippen LogP contribution >= 0.6 is 0 Å². The van der Waals surface area contributed by atoms with Gasteiger partial charge in [0.15, 0.2) is 0 Å². The Kier molecular flexibility index (Phi) is 27.7. The van der Waals surface area contributed by atoms with E-state index in [-0.39, 0.29) is 196 Å². The first-order chi connectivity index (χ1) is 28.0. The number of nitrogens with zero attached hydrogens (tertiary/aromatic N) is 7. The first-order valence-electron chi connectivity index (χ1n) is 16.9. The van der Waals surface area contributed by atoms with Crippen LogP contribution in [0.1, 0.15) is 25.0 Å². The molecule has 3 atom stereocenters. The minimum Gasteiger partial charge on any atom is -0.771 e. The van der Waals surface area contributed by atoms with E-state index < -0.39 is 81.8 Å². The molecule has 8 N–H and O–H groups in total. The molecule has 26 nitrogen and oxygen atoms in total. The number of hydrogen-bond donors (Lipinski definition) is 8. The fourth-order valence-corrected chi connectivity index (χ4v) is 6.85. The molecular formula is C30H36N12Na4O14S4. The summed E-state index contributed by atoms with van der Waals surface area (Å²) in [4.78, 5) is 23.5. The van der Waals surface area contributed by atoms with E-state index in [9.17, 15) is 63.0 Å². The van der Waals surface area contributed by atoms with Crippen molar-refractivity contribution in [1.82, 2.24) is 29.9 Å². The van der Waals surface area contributed by atoms with Crippen LogP contribution in [0.5, 0.6) is 0 Å². The quantitative estimate of drug-likeness (QED) is 0.0119. The minimum absolute atomic E-state index is 0. The summed E-state index contributed by atoms with van der Waals surface area (Å²) in [5, 5.41) is 42.2. The maximum atomic E-state index is 12.4. The second-order valence-electron chi connectivity index (χ2n) is 12.3. The van der Waals surface area contributed by atoms with E-state index in [0.29, 0.717) is 0 Å². The Morgan fingerprint density at radius 1 is 0.672 bits per heavy atom. The Morgan fingerprint density at radius 3 is 1.45 bits per heavy atom. The number of aliphatic hydroxyl groups is 3. The largest absolute Gasteiger partial charge is 1.00 e. The van der Waals surface area contributed by atoms with Crippen molar-refractivity contribution in [2.45, 2.75) is 35.8 Å². The van der Waals surface area contributed by atoms with Crippen molar-refractivity contribution >= 4 is 101 Å². The standard InChI is InChI=1S/C30H40N12O14S4.4Na/c1-17(44)13-32-26-36-25(31-9-10-58(48,49)50)37-28(38-26)34-21-7-5-19(23(11-21)59(51,52)53)3-4-20-6-8-22(12-24(20)60(54,55)56)35-29-39-27(33-14-18(2)45)40-30(41-29)42(15-43)16-57(46)47;;;;/h3-8,11-12,17-18,43-45H,9-10,13-16H2,1-2H3,(H,46,47)(H,48,49,50)(H,51,52,53)(H,54,55,56)(H2,33,35,39,40,41)(H3,31,32,34,36,37,38);;;;/q;4*+1/p-4. The van der Waals surface area contributed by atoms with Crippen molar-refractivity contribution in [1.29, 1.82) is 0 Å². The molecule has 0 bridgehead atoms. The average molecular weight is 1010 g/mol. The number of aliphatic hydroxyl groups excluding tert-OH is 3. The Hall–Kier alpha value is -1.28. The molecule has 0 fully saturated rings. The summed E-state index contributed by atoms with van der Waals surface area (Å²) in [7, 11) is -15.1. The molecular weight excluding hydrogens is 973 g/mol. The smallest absolute Gasteiger partial charge is 0.771 e. The van der Waals surface area contributed by atoms with Crippen molar-refractivity contribution in [2.24, 2.45) is 0 Å². The molecule has 0 amide bonds. The van der Waals surface area contributed by atoms with E-state index in [1.54, 1.807) is 0 Å². The minimum atomic E-state index is -5.25. The Balaban J connectivity index is 0.00000992. The van der Waals surface area contributed by atoms with E-state index in [1.165, 1.54) is 26.0 Å². The van der Waals surface area contributed by atoms with Gasteiger partial charge < -0.3 is 65.0 Å². The molecule has 0 aliphatic carbocycles. The first-order valence-corrected chi connectivity index (χ1v) is 22.5. The van der Waals surface area contributed by atoms with Gasteiger partial charge in [-0.15, -0.1) is 0 Å². The molecule has 2 aromatic heterocycles. The molecule has 0 saturated carbocycles.